The van der Waals surface area contributed by atoms with Gasteiger partial charge >= 0.3 is 0 Å². The van der Waals surface area contributed by atoms with Gasteiger partial charge in [0.1, 0.15) is 36.4 Å². The van der Waals surface area contributed by atoms with Crippen molar-refractivity contribution in [3.8, 4) is 11.5 Å². The van der Waals surface area contributed by atoms with Crippen LogP contribution in [0.15, 0.2) is 84.9 Å². The van der Waals surface area contributed by atoms with Gasteiger partial charge in [0, 0.05) is 0 Å². The number of rotatable bonds is 10. The number of aliphatic hydroxyl groups is 1. The number of benzene rings is 3. The summed E-state index contributed by atoms with van der Waals surface area (Å²) in [6, 6.07) is 27.0. The fourth-order valence-electron chi connectivity index (χ4n) is 3.60. The topological polar surface area (TPSA) is 66.4 Å². The van der Waals surface area contributed by atoms with E-state index < -0.39 is 24.6 Å². The van der Waals surface area contributed by atoms with Crippen molar-refractivity contribution in [1.29, 1.82) is 0 Å². The number of methoxy groups -OCH3 is 1. The van der Waals surface area contributed by atoms with Crippen LogP contribution in [0, 0.1) is 0 Å². The zero-order chi connectivity index (χ0) is 22.2. The predicted molar refractivity (Wildman–Crippen MR) is 119 cm³/mol. The van der Waals surface area contributed by atoms with Crippen molar-refractivity contribution >= 4 is 0 Å². The van der Waals surface area contributed by atoms with Gasteiger partial charge in [-0.05, 0) is 35.4 Å². The van der Waals surface area contributed by atoms with E-state index >= 15 is 0 Å². The largest absolute Gasteiger partial charge is 0.497 e. The summed E-state index contributed by atoms with van der Waals surface area (Å²) in [5.74, 6) is 1.43. The molecule has 0 bridgehead atoms. The summed E-state index contributed by atoms with van der Waals surface area (Å²) in [5, 5.41) is 10.6. The minimum absolute atomic E-state index is 0.216. The molecule has 0 aromatic heterocycles. The zero-order valence-electron chi connectivity index (χ0n) is 18.0. The second-order valence-corrected chi connectivity index (χ2v) is 7.57. The fourth-order valence-corrected chi connectivity index (χ4v) is 3.60. The molecule has 6 heteroatoms. The van der Waals surface area contributed by atoms with Crippen molar-refractivity contribution < 1.29 is 28.8 Å². The van der Waals surface area contributed by atoms with Gasteiger partial charge in [-0.25, -0.2) is 0 Å². The molecule has 1 aliphatic rings. The minimum atomic E-state index is -1.11. The van der Waals surface area contributed by atoms with Crippen molar-refractivity contribution in [2.75, 3.05) is 13.7 Å². The number of hydrogen-bond acceptors (Lipinski definition) is 6. The summed E-state index contributed by atoms with van der Waals surface area (Å²) >= 11 is 0. The van der Waals surface area contributed by atoms with Crippen LogP contribution in [0.2, 0.25) is 0 Å². The Morgan fingerprint density at radius 1 is 0.719 bits per heavy atom. The summed E-state index contributed by atoms with van der Waals surface area (Å²) in [6.07, 6.45) is -2.73. The van der Waals surface area contributed by atoms with Crippen LogP contribution in [0.4, 0.5) is 0 Å². The molecule has 0 aliphatic carbocycles. The van der Waals surface area contributed by atoms with Gasteiger partial charge in [0.2, 0.25) is 0 Å². The SMILES string of the molecule is COc1ccc(OC[C@H]2OC(O)[C@H](OCc3ccccc3)[C@@H]2OCc2ccccc2)cc1. The lowest BCUT2D eigenvalue weighted by molar-refractivity contribution is -0.150. The van der Waals surface area contributed by atoms with E-state index in [0.717, 1.165) is 16.9 Å². The molecule has 32 heavy (non-hydrogen) atoms. The number of aliphatic hydroxyl groups excluding tert-OH is 1. The third-order valence-corrected chi connectivity index (χ3v) is 5.33. The highest BCUT2D eigenvalue weighted by atomic mass is 16.7. The van der Waals surface area contributed by atoms with Gasteiger partial charge in [-0.2, -0.15) is 0 Å². The molecule has 1 saturated heterocycles. The summed E-state index contributed by atoms with van der Waals surface area (Å²) in [6.45, 7) is 0.947. The van der Waals surface area contributed by atoms with Gasteiger partial charge in [-0.3, -0.25) is 0 Å². The van der Waals surface area contributed by atoms with Crippen LogP contribution in [0.5, 0.6) is 11.5 Å². The Labute approximate surface area is 188 Å². The highest BCUT2D eigenvalue weighted by molar-refractivity contribution is 5.31. The molecule has 0 amide bonds. The summed E-state index contributed by atoms with van der Waals surface area (Å²) in [5.41, 5.74) is 2.05. The average molecular weight is 437 g/mol. The van der Waals surface area contributed by atoms with Gasteiger partial charge in [0.15, 0.2) is 6.29 Å². The maximum Gasteiger partial charge on any atom is 0.184 e. The van der Waals surface area contributed by atoms with Crippen molar-refractivity contribution in [2.45, 2.75) is 37.8 Å². The lowest BCUT2D eigenvalue weighted by Gasteiger charge is -2.24. The van der Waals surface area contributed by atoms with Crippen molar-refractivity contribution in [3.05, 3.63) is 96.1 Å². The predicted octanol–water partition coefficient (Wildman–Crippen LogP) is 3.96. The maximum atomic E-state index is 10.6. The van der Waals surface area contributed by atoms with E-state index in [4.69, 9.17) is 23.7 Å². The highest BCUT2D eigenvalue weighted by Crippen LogP contribution is 2.28. The first-order chi connectivity index (χ1) is 15.7. The Hall–Kier alpha value is -2.90. The van der Waals surface area contributed by atoms with E-state index in [1.54, 1.807) is 7.11 Å². The van der Waals surface area contributed by atoms with Crippen LogP contribution < -0.4 is 9.47 Å². The van der Waals surface area contributed by atoms with Crippen molar-refractivity contribution in [3.63, 3.8) is 0 Å². The molecule has 1 fully saturated rings. The molecule has 4 rings (SSSR count). The average Bonchev–Trinajstić information content (AvgIpc) is 3.15. The Kier molecular flexibility index (Phi) is 7.74. The van der Waals surface area contributed by atoms with Crippen LogP contribution >= 0.6 is 0 Å². The molecule has 0 spiro atoms. The normalized spacial score (nSPS) is 22.6. The van der Waals surface area contributed by atoms with Crippen molar-refractivity contribution in [1.82, 2.24) is 0 Å². The van der Waals surface area contributed by atoms with E-state index in [1.165, 1.54) is 0 Å². The molecule has 0 radical (unpaired) electrons. The molecule has 168 valence electrons. The molecular weight excluding hydrogens is 408 g/mol. The first kappa shape index (κ1) is 22.3. The van der Waals surface area contributed by atoms with Gasteiger partial charge in [0.25, 0.3) is 0 Å². The lowest BCUT2D eigenvalue weighted by atomic mass is 10.1. The van der Waals surface area contributed by atoms with E-state index in [2.05, 4.69) is 0 Å². The third-order valence-electron chi connectivity index (χ3n) is 5.33. The molecule has 6 nitrogen and oxygen atoms in total. The standard InChI is InChI=1S/C26H28O6/c1-28-21-12-14-22(15-13-21)29-18-23-24(30-16-19-8-4-2-5-9-19)25(26(27)32-23)31-17-20-10-6-3-7-11-20/h2-15,23-27H,16-18H2,1H3/t23-,24-,25-,26?/m1/s1. The van der Waals surface area contributed by atoms with Gasteiger partial charge < -0.3 is 28.8 Å². The van der Waals surface area contributed by atoms with Gasteiger partial charge in [0.05, 0.1) is 20.3 Å². The van der Waals surface area contributed by atoms with Crippen molar-refractivity contribution in [2.24, 2.45) is 0 Å². The quantitative estimate of drug-likeness (QED) is 0.519. The highest BCUT2D eigenvalue weighted by Gasteiger charge is 2.46. The summed E-state index contributed by atoms with van der Waals surface area (Å²) < 4.78 is 29.1. The van der Waals surface area contributed by atoms with Crippen LogP contribution in [0.1, 0.15) is 11.1 Å². The van der Waals surface area contributed by atoms with E-state index in [-0.39, 0.29) is 6.61 Å². The molecule has 1 heterocycles. The number of hydrogen-bond donors (Lipinski definition) is 1. The molecule has 0 saturated carbocycles. The van der Waals surface area contributed by atoms with Gasteiger partial charge in [-0.1, -0.05) is 60.7 Å². The van der Waals surface area contributed by atoms with E-state index in [9.17, 15) is 5.11 Å². The van der Waals surface area contributed by atoms with Crippen LogP contribution in [-0.4, -0.2) is 43.4 Å². The molecule has 1 unspecified atom stereocenters. The van der Waals surface area contributed by atoms with Gasteiger partial charge in [-0.15, -0.1) is 0 Å². The lowest BCUT2D eigenvalue weighted by Crippen LogP contribution is -2.39. The Morgan fingerprint density at radius 2 is 1.25 bits per heavy atom. The molecule has 1 aliphatic heterocycles. The van der Waals surface area contributed by atoms with Crippen LogP contribution in [-0.2, 0) is 27.4 Å². The second-order valence-electron chi connectivity index (χ2n) is 7.57. The molecule has 3 aromatic carbocycles. The summed E-state index contributed by atoms with van der Waals surface area (Å²) in [7, 11) is 1.62. The first-order valence-electron chi connectivity index (χ1n) is 10.6. The second kappa shape index (κ2) is 11.1. The van der Waals surface area contributed by atoms with Crippen LogP contribution in [0.3, 0.4) is 0 Å². The Balaban J connectivity index is 1.42. The smallest absolute Gasteiger partial charge is 0.184 e. The maximum absolute atomic E-state index is 10.6. The number of ether oxygens (including phenoxy) is 5. The molecule has 3 aromatic rings. The first-order valence-corrected chi connectivity index (χ1v) is 10.6. The van der Waals surface area contributed by atoms with Crippen LogP contribution in [0.25, 0.3) is 0 Å². The summed E-state index contributed by atoms with van der Waals surface area (Å²) in [4.78, 5) is 0. The van der Waals surface area contributed by atoms with E-state index in [1.807, 2.05) is 84.9 Å². The van der Waals surface area contributed by atoms with E-state index in [0.29, 0.717) is 19.0 Å². The Bertz CT molecular complexity index is 932. The Morgan fingerprint density at radius 3 is 1.81 bits per heavy atom. The monoisotopic (exact) mass is 436 g/mol. The molecular formula is C26H28O6. The third kappa shape index (κ3) is 5.87. The fraction of sp³-hybridized carbons (Fsp3) is 0.308. The molecule has 1 N–H and O–H groups in total. The minimum Gasteiger partial charge on any atom is -0.497 e. The molecule has 4 atom stereocenters. The zero-order valence-corrected chi connectivity index (χ0v) is 18.0.